The van der Waals surface area contributed by atoms with Crippen molar-refractivity contribution in [2.24, 2.45) is 4.99 Å². The van der Waals surface area contributed by atoms with E-state index in [1.165, 1.54) is 23.9 Å². The first-order chi connectivity index (χ1) is 12.5. The van der Waals surface area contributed by atoms with Crippen LogP contribution in [0.2, 0.25) is 0 Å². The SMILES string of the molecule is COc1ccc(Br)c(C=C2SC(=Nc3ccc(C(=O)O)cc3)NC2=O)c1. The van der Waals surface area contributed by atoms with Crippen LogP contribution in [0.5, 0.6) is 5.75 Å². The fourth-order valence-electron chi connectivity index (χ4n) is 2.18. The summed E-state index contributed by atoms with van der Waals surface area (Å²) in [6.07, 6.45) is 1.75. The van der Waals surface area contributed by atoms with Crippen molar-refractivity contribution in [1.29, 1.82) is 0 Å². The molecule has 3 rings (SSSR count). The third-order valence-electron chi connectivity index (χ3n) is 3.49. The van der Waals surface area contributed by atoms with Crippen molar-refractivity contribution < 1.29 is 19.4 Å². The second kappa shape index (κ2) is 7.76. The molecule has 2 aromatic rings. The first-order valence-electron chi connectivity index (χ1n) is 7.43. The number of nitrogens with zero attached hydrogens (tertiary/aromatic N) is 1. The van der Waals surface area contributed by atoms with Crippen molar-refractivity contribution in [1.82, 2.24) is 5.32 Å². The summed E-state index contributed by atoms with van der Waals surface area (Å²) >= 11 is 4.67. The minimum Gasteiger partial charge on any atom is -0.497 e. The zero-order valence-electron chi connectivity index (χ0n) is 13.5. The summed E-state index contributed by atoms with van der Waals surface area (Å²) < 4.78 is 6.05. The molecule has 1 heterocycles. The molecule has 26 heavy (non-hydrogen) atoms. The number of aromatic carboxylic acids is 1. The Morgan fingerprint density at radius 3 is 2.65 bits per heavy atom. The Hall–Kier alpha value is -2.58. The van der Waals surface area contributed by atoms with Gasteiger partial charge in [-0.05, 0) is 65.9 Å². The molecule has 1 aliphatic heterocycles. The number of carbonyl (C=O) groups is 2. The molecular formula is C18H13BrN2O4S. The number of methoxy groups -OCH3 is 1. The van der Waals surface area contributed by atoms with Gasteiger partial charge < -0.3 is 15.2 Å². The lowest BCUT2D eigenvalue weighted by Gasteiger charge is -2.03. The molecule has 0 spiro atoms. The largest absolute Gasteiger partial charge is 0.497 e. The Morgan fingerprint density at radius 1 is 1.27 bits per heavy atom. The van der Waals surface area contributed by atoms with E-state index in [9.17, 15) is 9.59 Å². The van der Waals surface area contributed by atoms with Crippen LogP contribution < -0.4 is 10.1 Å². The summed E-state index contributed by atoms with van der Waals surface area (Å²) in [5.41, 5.74) is 1.55. The fraction of sp³-hybridized carbons (Fsp3) is 0.0556. The van der Waals surface area contributed by atoms with Gasteiger partial charge in [-0.3, -0.25) is 4.79 Å². The number of hydrogen-bond donors (Lipinski definition) is 2. The molecule has 2 aromatic carbocycles. The fourth-order valence-corrected chi connectivity index (χ4v) is 3.37. The second-order valence-corrected chi connectivity index (χ2v) is 7.11. The minimum atomic E-state index is -0.998. The van der Waals surface area contributed by atoms with Gasteiger partial charge in [-0.1, -0.05) is 15.9 Å². The van der Waals surface area contributed by atoms with Crippen LogP contribution in [-0.4, -0.2) is 29.3 Å². The molecule has 1 amide bonds. The lowest BCUT2D eigenvalue weighted by Crippen LogP contribution is -2.19. The van der Waals surface area contributed by atoms with E-state index in [-0.39, 0.29) is 11.5 Å². The minimum absolute atomic E-state index is 0.181. The first kappa shape index (κ1) is 18.2. The van der Waals surface area contributed by atoms with Gasteiger partial charge in [0.15, 0.2) is 5.17 Å². The number of carbonyl (C=O) groups excluding carboxylic acids is 1. The van der Waals surface area contributed by atoms with Gasteiger partial charge in [-0.15, -0.1) is 0 Å². The maximum atomic E-state index is 12.2. The van der Waals surface area contributed by atoms with Crippen LogP contribution in [0.4, 0.5) is 5.69 Å². The molecule has 0 radical (unpaired) electrons. The Bertz CT molecular complexity index is 939. The summed E-state index contributed by atoms with van der Waals surface area (Å²) in [4.78, 5) is 27.9. The van der Waals surface area contributed by atoms with E-state index in [1.54, 1.807) is 25.3 Å². The Balaban J connectivity index is 1.83. The number of carboxylic acid groups (broad SMARTS) is 1. The van der Waals surface area contributed by atoms with E-state index in [4.69, 9.17) is 9.84 Å². The Labute approximate surface area is 162 Å². The monoisotopic (exact) mass is 432 g/mol. The molecule has 1 fully saturated rings. The highest BCUT2D eigenvalue weighted by atomic mass is 79.9. The maximum absolute atomic E-state index is 12.2. The molecule has 0 aromatic heterocycles. The lowest BCUT2D eigenvalue weighted by molar-refractivity contribution is -0.115. The summed E-state index contributed by atoms with van der Waals surface area (Å²) in [7, 11) is 1.58. The number of rotatable bonds is 4. The number of amides is 1. The summed E-state index contributed by atoms with van der Waals surface area (Å²) in [5.74, 6) is -0.552. The van der Waals surface area contributed by atoms with Gasteiger partial charge in [0.05, 0.1) is 23.3 Å². The average Bonchev–Trinajstić information content (AvgIpc) is 2.96. The summed E-state index contributed by atoms with van der Waals surface area (Å²) in [5, 5.41) is 12.0. The summed E-state index contributed by atoms with van der Waals surface area (Å²) in [6.45, 7) is 0. The summed E-state index contributed by atoms with van der Waals surface area (Å²) in [6, 6.07) is 11.6. The standard InChI is InChI=1S/C18H13BrN2O4S/c1-25-13-6-7-14(19)11(8-13)9-15-16(22)21-18(26-15)20-12-4-2-10(3-5-12)17(23)24/h2-9H,1H3,(H,23,24)(H,20,21,22). The van der Waals surface area contributed by atoms with Gasteiger partial charge in [-0.25, -0.2) is 9.79 Å². The molecule has 0 bridgehead atoms. The number of ether oxygens (including phenoxy) is 1. The molecule has 0 aliphatic carbocycles. The zero-order chi connectivity index (χ0) is 18.7. The molecule has 2 N–H and O–H groups in total. The molecule has 0 unspecified atom stereocenters. The zero-order valence-corrected chi connectivity index (χ0v) is 15.9. The highest BCUT2D eigenvalue weighted by Crippen LogP contribution is 2.31. The van der Waals surface area contributed by atoms with Crippen LogP contribution in [0.25, 0.3) is 6.08 Å². The van der Waals surface area contributed by atoms with E-state index in [0.29, 0.717) is 21.5 Å². The molecule has 1 saturated heterocycles. The highest BCUT2D eigenvalue weighted by molar-refractivity contribution is 9.10. The van der Waals surface area contributed by atoms with E-state index >= 15 is 0 Å². The average molecular weight is 433 g/mol. The predicted octanol–water partition coefficient (Wildman–Crippen LogP) is 4.05. The normalized spacial score (nSPS) is 16.8. The van der Waals surface area contributed by atoms with E-state index in [2.05, 4.69) is 26.2 Å². The van der Waals surface area contributed by atoms with Gasteiger partial charge in [0.2, 0.25) is 0 Å². The van der Waals surface area contributed by atoms with Crippen molar-refractivity contribution in [2.45, 2.75) is 0 Å². The van der Waals surface area contributed by atoms with Crippen LogP contribution in [-0.2, 0) is 4.79 Å². The molecule has 132 valence electrons. The van der Waals surface area contributed by atoms with Crippen LogP contribution in [0.1, 0.15) is 15.9 Å². The second-order valence-electron chi connectivity index (χ2n) is 5.22. The van der Waals surface area contributed by atoms with Crippen molar-refractivity contribution >= 4 is 56.5 Å². The van der Waals surface area contributed by atoms with Crippen LogP contribution in [0, 0.1) is 0 Å². The number of carboxylic acids is 1. The van der Waals surface area contributed by atoms with Crippen molar-refractivity contribution in [2.75, 3.05) is 7.11 Å². The van der Waals surface area contributed by atoms with Crippen molar-refractivity contribution in [3.05, 3.63) is 63.0 Å². The number of hydrogen-bond acceptors (Lipinski definition) is 5. The number of thioether (sulfide) groups is 1. The molecule has 0 saturated carbocycles. The number of nitrogens with one attached hydrogen (secondary N) is 1. The quantitative estimate of drug-likeness (QED) is 0.711. The maximum Gasteiger partial charge on any atom is 0.335 e. The number of halogens is 1. The van der Waals surface area contributed by atoms with Crippen LogP contribution >= 0.6 is 27.7 Å². The Kier molecular flexibility index (Phi) is 5.43. The smallest absolute Gasteiger partial charge is 0.335 e. The topological polar surface area (TPSA) is 88.0 Å². The number of amidine groups is 1. The third kappa shape index (κ3) is 4.14. The van der Waals surface area contributed by atoms with Crippen LogP contribution in [0.3, 0.4) is 0 Å². The van der Waals surface area contributed by atoms with Gasteiger partial charge in [-0.2, -0.15) is 0 Å². The molecule has 1 aliphatic rings. The van der Waals surface area contributed by atoms with Gasteiger partial charge in [0, 0.05) is 4.47 Å². The highest BCUT2D eigenvalue weighted by Gasteiger charge is 2.24. The molecule has 0 atom stereocenters. The van der Waals surface area contributed by atoms with E-state index in [1.807, 2.05) is 18.2 Å². The van der Waals surface area contributed by atoms with Crippen molar-refractivity contribution in [3.63, 3.8) is 0 Å². The van der Waals surface area contributed by atoms with Gasteiger partial charge in [0.25, 0.3) is 5.91 Å². The van der Waals surface area contributed by atoms with Crippen LogP contribution in [0.15, 0.2) is 56.8 Å². The van der Waals surface area contributed by atoms with Gasteiger partial charge in [0.1, 0.15) is 5.75 Å². The first-order valence-corrected chi connectivity index (χ1v) is 9.03. The lowest BCUT2D eigenvalue weighted by atomic mass is 10.2. The third-order valence-corrected chi connectivity index (χ3v) is 5.12. The number of aliphatic imine (C=N–C) groups is 1. The Morgan fingerprint density at radius 2 is 2.00 bits per heavy atom. The molecule has 8 heteroatoms. The van der Waals surface area contributed by atoms with Crippen molar-refractivity contribution in [3.8, 4) is 5.75 Å². The van der Waals surface area contributed by atoms with E-state index in [0.717, 1.165) is 10.0 Å². The molecular weight excluding hydrogens is 420 g/mol. The van der Waals surface area contributed by atoms with Gasteiger partial charge >= 0.3 is 5.97 Å². The molecule has 6 nitrogen and oxygen atoms in total. The van der Waals surface area contributed by atoms with E-state index < -0.39 is 5.97 Å². The number of benzene rings is 2. The predicted molar refractivity (Wildman–Crippen MR) is 105 cm³/mol.